The van der Waals surface area contributed by atoms with Crippen molar-refractivity contribution in [1.29, 1.82) is 0 Å². The molecule has 1 atom stereocenters. The second-order valence-corrected chi connectivity index (χ2v) is 6.19. The van der Waals surface area contributed by atoms with E-state index in [0.29, 0.717) is 6.04 Å². The van der Waals surface area contributed by atoms with Crippen LogP contribution in [0.4, 0.5) is 0 Å². The minimum absolute atomic E-state index is 0.568. The molecule has 1 unspecified atom stereocenters. The van der Waals surface area contributed by atoms with Gasteiger partial charge in [0.1, 0.15) is 0 Å². The maximum absolute atomic E-state index is 3.71. The van der Waals surface area contributed by atoms with Gasteiger partial charge in [0.25, 0.3) is 0 Å². The molecule has 17 heavy (non-hydrogen) atoms. The monoisotopic (exact) mass is 253 g/mol. The first-order chi connectivity index (χ1) is 8.21. The molecule has 0 saturated carbocycles. The summed E-state index contributed by atoms with van der Waals surface area (Å²) in [5.74, 6) is 0.853. The molecule has 1 nitrogen and oxygen atoms in total. The molecule has 0 amide bonds. The average Bonchev–Trinajstić information content (AvgIpc) is 2.76. The van der Waals surface area contributed by atoms with Gasteiger partial charge in [-0.05, 0) is 44.4 Å². The van der Waals surface area contributed by atoms with Crippen molar-refractivity contribution in [3.05, 3.63) is 21.9 Å². The summed E-state index contributed by atoms with van der Waals surface area (Å²) in [5, 5.41) is 3.71. The van der Waals surface area contributed by atoms with Crippen molar-refractivity contribution in [1.82, 2.24) is 5.32 Å². The molecule has 0 spiro atoms. The van der Waals surface area contributed by atoms with Crippen molar-refractivity contribution < 1.29 is 0 Å². The lowest BCUT2D eigenvalue weighted by Crippen LogP contribution is -2.23. The number of hydrogen-bond donors (Lipinski definition) is 1. The van der Waals surface area contributed by atoms with E-state index in [4.69, 9.17) is 0 Å². The molecule has 0 aromatic carbocycles. The zero-order valence-corrected chi connectivity index (χ0v) is 12.6. The van der Waals surface area contributed by atoms with Crippen molar-refractivity contribution in [2.45, 2.75) is 59.4 Å². The molecular formula is C15H27NS. The predicted molar refractivity (Wildman–Crippen MR) is 78.8 cm³/mol. The van der Waals surface area contributed by atoms with Gasteiger partial charge in [-0.15, -0.1) is 11.3 Å². The van der Waals surface area contributed by atoms with E-state index in [0.717, 1.165) is 12.5 Å². The summed E-state index contributed by atoms with van der Waals surface area (Å²) in [4.78, 5) is 2.94. The molecule has 0 radical (unpaired) electrons. The lowest BCUT2D eigenvalue weighted by Gasteiger charge is -2.22. The molecule has 1 rings (SSSR count). The minimum Gasteiger partial charge on any atom is -0.309 e. The molecule has 1 N–H and O–H groups in total. The summed E-state index contributed by atoms with van der Waals surface area (Å²) < 4.78 is 0. The highest BCUT2D eigenvalue weighted by Crippen LogP contribution is 2.29. The van der Waals surface area contributed by atoms with Crippen LogP contribution < -0.4 is 5.32 Å². The van der Waals surface area contributed by atoms with Gasteiger partial charge in [0, 0.05) is 15.8 Å². The second kappa shape index (κ2) is 7.88. The normalized spacial score (nSPS) is 13.2. The number of rotatable bonds is 8. The van der Waals surface area contributed by atoms with Crippen LogP contribution in [-0.2, 0) is 0 Å². The van der Waals surface area contributed by atoms with Crippen molar-refractivity contribution in [3.8, 4) is 0 Å². The van der Waals surface area contributed by atoms with E-state index < -0.39 is 0 Å². The Hall–Kier alpha value is -0.340. The Labute approximate surface area is 111 Å². The quantitative estimate of drug-likeness (QED) is 0.693. The highest BCUT2D eigenvalue weighted by atomic mass is 32.1. The molecule has 1 aromatic heterocycles. The van der Waals surface area contributed by atoms with Gasteiger partial charge >= 0.3 is 0 Å². The summed E-state index contributed by atoms with van der Waals surface area (Å²) in [7, 11) is 0. The summed E-state index contributed by atoms with van der Waals surface area (Å²) >= 11 is 1.95. The molecule has 0 aliphatic heterocycles. The fourth-order valence-electron chi connectivity index (χ4n) is 2.21. The molecule has 0 aliphatic carbocycles. The van der Waals surface area contributed by atoms with Crippen molar-refractivity contribution >= 4 is 11.3 Å². The van der Waals surface area contributed by atoms with Crippen molar-refractivity contribution in [2.24, 2.45) is 5.92 Å². The first kappa shape index (κ1) is 14.7. The van der Waals surface area contributed by atoms with E-state index in [2.05, 4.69) is 45.1 Å². The fourth-order valence-corrected chi connectivity index (χ4v) is 3.18. The maximum Gasteiger partial charge on any atom is 0.0417 e. The third-order valence-corrected chi connectivity index (χ3v) is 4.58. The fraction of sp³-hybridized carbons (Fsp3) is 0.733. The number of aryl methyl sites for hydroxylation is 1. The zero-order valence-electron chi connectivity index (χ0n) is 11.8. The lowest BCUT2D eigenvalue weighted by atomic mass is 9.94. The van der Waals surface area contributed by atoms with Crippen molar-refractivity contribution in [3.63, 3.8) is 0 Å². The highest BCUT2D eigenvalue weighted by molar-refractivity contribution is 7.12. The van der Waals surface area contributed by atoms with Gasteiger partial charge in [0.05, 0.1) is 0 Å². The smallest absolute Gasteiger partial charge is 0.0417 e. The number of hydrogen-bond acceptors (Lipinski definition) is 2. The molecule has 0 saturated heterocycles. The molecule has 98 valence electrons. The third-order valence-electron chi connectivity index (χ3n) is 3.47. The Morgan fingerprint density at radius 1 is 1.18 bits per heavy atom. The van der Waals surface area contributed by atoms with Gasteiger partial charge in [0.2, 0.25) is 0 Å². The van der Waals surface area contributed by atoms with E-state index >= 15 is 0 Å². The molecular weight excluding hydrogens is 226 g/mol. The van der Waals surface area contributed by atoms with Gasteiger partial charge in [-0.2, -0.15) is 0 Å². The highest BCUT2D eigenvalue weighted by Gasteiger charge is 2.16. The van der Waals surface area contributed by atoms with Crippen LogP contribution in [-0.4, -0.2) is 6.54 Å². The van der Waals surface area contributed by atoms with Crippen molar-refractivity contribution in [2.75, 3.05) is 6.54 Å². The molecule has 1 aromatic rings. The van der Waals surface area contributed by atoms with E-state index in [-0.39, 0.29) is 0 Å². The molecule has 0 aliphatic rings. The molecule has 0 fully saturated rings. The molecule has 0 bridgehead atoms. The van der Waals surface area contributed by atoms with Gasteiger partial charge in [-0.25, -0.2) is 0 Å². The number of nitrogens with one attached hydrogen (secondary N) is 1. The Kier molecular flexibility index (Phi) is 6.83. The van der Waals surface area contributed by atoms with E-state index in [1.807, 2.05) is 11.3 Å². The van der Waals surface area contributed by atoms with Crippen LogP contribution in [0.2, 0.25) is 0 Å². The first-order valence-corrected chi connectivity index (χ1v) is 7.82. The average molecular weight is 253 g/mol. The van der Waals surface area contributed by atoms with Crippen LogP contribution in [0, 0.1) is 12.8 Å². The Bertz CT molecular complexity index is 302. The maximum atomic E-state index is 3.71. The summed E-state index contributed by atoms with van der Waals surface area (Å²) in [5.41, 5.74) is 0. The Balaban J connectivity index is 2.66. The van der Waals surface area contributed by atoms with Gasteiger partial charge in [-0.1, -0.05) is 33.6 Å². The van der Waals surface area contributed by atoms with E-state index in [1.54, 1.807) is 0 Å². The minimum atomic E-state index is 0.568. The first-order valence-electron chi connectivity index (χ1n) is 7.00. The summed E-state index contributed by atoms with van der Waals surface area (Å²) in [6.45, 7) is 10.2. The van der Waals surface area contributed by atoms with Crippen LogP contribution in [0.25, 0.3) is 0 Å². The Morgan fingerprint density at radius 2 is 1.88 bits per heavy atom. The lowest BCUT2D eigenvalue weighted by molar-refractivity contribution is 0.374. The number of thiophene rings is 1. The third kappa shape index (κ3) is 4.81. The van der Waals surface area contributed by atoms with Crippen LogP contribution >= 0.6 is 11.3 Å². The van der Waals surface area contributed by atoms with Gasteiger partial charge in [-0.3, -0.25) is 0 Å². The van der Waals surface area contributed by atoms with E-state index in [1.165, 1.54) is 35.4 Å². The standard InChI is InChI=1S/C15H27NS/c1-5-10-16-14(11-13(6-2)7-3)15-9-8-12(4)17-15/h8-9,13-14,16H,5-7,10-11H2,1-4H3. The topological polar surface area (TPSA) is 12.0 Å². The molecule has 1 heterocycles. The van der Waals surface area contributed by atoms with Gasteiger partial charge in [0.15, 0.2) is 0 Å². The summed E-state index contributed by atoms with van der Waals surface area (Å²) in [6, 6.07) is 5.11. The Morgan fingerprint density at radius 3 is 2.35 bits per heavy atom. The summed E-state index contributed by atoms with van der Waals surface area (Å²) in [6.07, 6.45) is 5.09. The van der Waals surface area contributed by atoms with Crippen LogP contribution in [0.15, 0.2) is 12.1 Å². The molecule has 2 heteroatoms. The predicted octanol–water partition coefficient (Wildman–Crippen LogP) is 4.92. The SMILES string of the molecule is CCCNC(CC(CC)CC)c1ccc(C)s1. The van der Waals surface area contributed by atoms with E-state index in [9.17, 15) is 0 Å². The van der Waals surface area contributed by atoms with Crippen LogP contribution in [0.1, 0.15) is 62.3 Å². The van der Waals surface area contributed by atoms with Crippen LogP contribution in [0.3, 0.4) is 0 Å². The van der Waals surface area contributed by atoms with Crippen LogP contribution in [0.5, 0.6) is 0 Å². The second-order valence-electron chi connectivity index (χ2n) is 4.87. The largest absolute Gasteiger partial charge is 0.309 e. The zero-order chi connectivity index (χ0) is 12.7. The van der Waals surface area contributed by atoms with Gasteiger partial charge < -0.3 is 5.32 Å².